The first-order valence-corrected chi connectivity index (χ1v) is 4.95. The summed E-state index contributed by atoms with van der Waals surface area (Å²) in [7, 11) is 1.38. The number of aliphatic hydroxyl groups is 1. The summed E-state index contributed by atoms with van der Waals surface area (Å²) in [5.41, 5.74) is -0.396. The topological polar surface area (TPSA) is 55.8 Å². The lowest BCUT2D eigenvalue weighted by molar-refractivity contribution is -0.147. The van der Waals surface area contributed by atoms with Gasteiger partial charge in [0.05, 0.1) is 25.2 Å². The fourth-order valence-electron chi connectivity index (χ4n) is 1.84. The molecule has 0 saturated carbocycles. The van der Waals surface area contributed by atoms with Gasteiger partial charge in [-0.25, -0.2) is 0 Å². The molecule has 1 N–H and O–H groups in total. The Balaban J connectivity index is 2.41. The van der Waals surface area contributed by atoms with E-state index in [1.807, 2.05) is 6.92 Å². The molecule has 0 aromatic carbocycles. The molecule has 4 nitrogen and oxygen atoms in total. The van der Waals surface area contributed by atoms with E-state index in [2.05, 4.69) is 4.74 Å². The molecule has 4 heteroatoms. The summed E-state index contributed by atoms with van der Waals surface area (Å²) in [5, 5.41) is 8.75. The van der Waals surface area contributed by atoms with Gasteiger partial charge in [0.2, 0.25) is 0 Å². The van der Waals surface area contributed by atoms with Crippen LogP contribution in [0, 0.1) is 0 Å². The van der Waals surface area contributed by atoms with Crippen molar-refractivity contribution >= 4 is 5.97 Å². The monoisotopic (exact) mass is 202 g/mol. The van der Waals surface area contributed by atoms with Crippen LogP contribution in [-0.2, 0) is 14.3 Å². The molecule has 1 aliphatic heterocycles. The Morgan fingerprint density at radius 1 is 1.71 bits per heavy atom. The van der Waals surface area contributed by atoms with Gasteiger partial charge < -0.3 is 14.6 Å². The Morgan fingerprint density at radius 2 is 2.43 bits per heavy atom. The molecule has 82 valence electrons. The summed E-state index contributed by atoms with van der Waals surface area (Å²) in [6.07, 6.45) is 2.80. The number of esters is 1. The van der Waals surface area contributed by atoms with E-state index in [9.17, 15) is 4.79 Å². The predicted octanol–water partition coefficient (Wildman–Crippen LogP) is 0.870. The van der Waals surface area contributed by atoms with Crippen LogP contribution in [0.3, 0.4) is 0 Å². The molecule has 0 aliphatic carbocycles. The molecular weight excluding hydrogens is 184 g/mol. The summed E-state index contributed by atoms with van der Waals surface area (Å²) < 4.78 is 10.3. The van der Waals surface area contributed by atoms with E-state index < -0.39 is 5.60 Å². The van der Waals surface area contributed by atoms with Crippen molar-refractivity contribution in [3.8, 4) is 0 Å². The van der Waals surface area contributed by atoms with Crippen molar-refractivity contribution in [1.82, 2.24) is 0 Å². The second kappa shape index (κ2) is 4.75. The Hall–Kier alpha value is -0.610. The van der Waals surface area contributed by atoms with E-state index in [1.54, 1.807) is 0 Å². The molecule has 0 amide bonds. The number of carbonyl (C=O) groups is 1. The van der Waals surface area contributed by atoms with Crippen molar-refractivity contribution in [2.75, 3.05) is 13.7 Å². The number of hydrogen-bond acceptors (Lipinski definition) is 4. The lowest BCUT2D eigenvalue weighted by atomic mass is 9.98. The zero-order valence-corrected chi connectivity index (χ0v) is 8.78. The normalized spacial score (nSPS) is 31.8. The highest BCUT2D eigenvalue weighted by Crippen LogP contribution is 2.34. The Labute approximate surface area is 84.2 Å². The van der Waals surface area contributed by atoms with Crippen LogP contribution < -0.4 is 0 Å². The minimum Gasteiger partial charge on any atom is -0.469 e. The van der Waals surface area contributed by atoms with Crippen molar-refractivity contribution < 1.29 is 19.4 Å². The maximum absolute atomic E-state index is 11.1. The van der Waals surface area contributed by atoms with Crippen LogP contribution in [0.2, 0.25) is 0 Å². The van der Waals surface area contributed by atoms with Gasteiger partial charge in [-0.05, 0) is 26.2 Å². The van der Waals surface area contributed by atoms with Crippen LogP contribution in [0.5, 0.6) is 0 Å². The minimum atomic E-state index is -0.396. The first kappa shape index (κ1) is 11.5. The van der Waals surface area contributed by atoms with Gasteiger partial charge in [-0.3, -0.25) is 4.79 Å². The molecule has 1 rings (SSSR count). The largest absolute Gasteiger partial charge is 0.469 e. The number of ether oxygens (including phenoxy) is 2. The molecule has 1 fully saturated rings. The van der Waals surface area contributed by atoms with E-state index in [0.29, 0.717) is 12.8 Å². The van der Waals surface area contributed by atoms with Crippen LogP contribution in [-0.4, -0.2) is 36.5 Å². The minimum absolute atomic E-state index is 0.0923. The SMILES string of the molecule is COC(=O)CC1(C)CCC(CCO)O1. The standard InChI is InChI=1S/C10H18O4/c1-10(7-9(12)13-2)5-3-8(14-10)4-6-11/h8,11H,3-7H2,1-2H3. The maximum Gasteiger partial charge on any atom is 0.308 e. The van der Waals surface area contributed by atoms with Crippen molar-refractivity contribution in [1.29, 1.82) is 0 Å². The smallest absolute Gasteiger partial charge is 0.308 e. The fourth-order valence-corrected chi connectivity index (χ4v) is 1.84. The van der Waals surface area contributed by atoms with E-state index >= 15 is 0 Å². The van der Waals surface area contributed by atoms with Crippen molar-refractivity contribution in [2.45, 2.75) is 44.3 Å². The third-order valence-electron chi connectivity index (χ3n) is 2.64. The molecular formula is C10H18O4. The molecule has 0 bridgehead atoms. The predicted molar refractivity (Wildman–Crippen MR) is 50.8 cm³/mol. The van der Waals surface area contributed by atoms with Gasteiger partial charge in [-0.15, -0.1) is 0 Å². The highest BCUT2D eigenvalue weighted by molar-refractivity contribution is 5.70. The van der Waals surface area contributed by atoms with Crippen molar-refractivity contribution in [2.24, 2.45) is 0 Å². The maximum atomic E-state index is 11.1. The second-order valence-electron chi connectivity index (χ2n) is 3.99. The molecule has 0 aromatic rings. The summed E-state index contributed by atoms with van der Waals surface area (Å²) in [4.78, 5) is 11.1. The summed E-state index contributed by atoms with van der Waals surface area (Å²) in [6.45, 7) is 2.06. The summed E-state index contributed by atoms with van der Waals surface area (Å²) >= 11 is 0. The molecule has 2 atom stereocenters. The zero-order chi connectivity index (χ0) is 10.6. The van der Waals surface area contributed by atoms with E-state index in [-0.39, 0.29) is 18.7 Å². The first-order chi connectivity index (χ1) is 6.59. The highest BCUT2D eigenvalue weighted by atomic mass is 16.5. The molecule has 1 saturated heterocycles. The van der Waals surface area contributed by atoms with Gasteiger partial charge >= 0.3 is 5.97 Å². The Bertz CT molecular complexity index is 204. The molecule has 1 heterocycles. The van der Waals surface area contributed by atoms with Gasteiger partial charge in [-0.1, -0.05) is 0 Å². The highest BCUT2D eigenvalue weighted by Gasteiger charge is 2.37. The number of hydrogen-bond donors (Lipinski definition) is 1. The molecule has 2 unspecified atom stereocenters. The van der Waals surface area contributed by atoms with Crippen LogP contribution in [0.25, 0.3) is 0 Å². The van der Waals surface area contributed by atoms with Gasteiger partial charge in [0, 0.05) is 6.61 Å². The van der Waals surface area contributed by atoms with Crippen molar-refractivity contribution in [3.63, 3.8) is 0 Å². The van der Waals surface area contributed by atoms with Gasteiger partial charge in [0.15, 0.2) is 0 Å². The summed E-state index contributed by atoms with van der Waals surface area (Å²) in [5.74, 6) is -0.239. The fraction of sp³-hybridized carbons (Fsp3) is 0.900. The molecule has 14 heavy (non-hydrogen) atoms. The second-order valence-corrected chi connectivity index (χ2v) is 3.99. The quantitative estimate of drug-likeness (QED) is 0.687. The number of aliphatic hydroxyl groups excluding tert-OH is 1. The lowest BCUT2D eigenvalue weighted by Crippen LogP contribution is -2.29. The number of methoxy groups -OCH3 is 1. The number of carbonyl (C=O) groups excluding carboxylic acids is 1. The van der Waals surface area contributed by atoms with Gasteiger partial charge in [0.25, 0.3) is 0 Å². The average molecular weight is 202 g/mol. The Kier molecular flexibility index (Phi) is 3.89. The molecule has 0 radical (unpaired) electrons. The first-order valence-electron chi connectivity index (χ1n) is 4.95. The molecule has 0 spiro atoms. The summed E-state index contributed by atoms with van der Waals surface area (Å²) in [6, 6.07) is 0. The van der Waals surface area contributed by atoms with E-state index in [0.717, 1.165) is 12.8 Å². The van der Waals surface area contributed by atoms with Gasteiger partial charge in [0.1, 0.15) is 0 Å². The van der Waals surface area contributed by atoms with Crippen LogP contribution in [0.15, 0.2) is 0 Å². The third kappa shape index (κ3) is 2.96. The zero-order valence-electron chi connectivity index (χ0n) is 8.78. The van der Waals surface area contributed by atoms with E-state index in [4.69, 9.17) is 9.84 Å². The van der Waals surface area contributed by atoms with Crippen molar-refractivity contribution in [3.05, 3.63) is 0 Å². The molecule has 0 aromatic heterocycles. The lowest BCUT2D eigenvalue weighted by Gasteiger charge is -2.23. The van der Waals surface area contributed by atoms with Crippen LogP contribution in [0.1, 0.15) is 32.6 Å². The van der Waals surface area contributed by atoms with Gasteiger partial charge in [-0.2, -0.15) is 0 Å². The molecule has 1 aliphatic rings. The third-order valence-corrected chi connectivity index (χ3v) is 2.64. The Morgan fingerprint density at radius 3 is 3.00 bits per heavy atom. The van der Waals surface area contributed by atoms with Crippen LogP contribution >= 0.6 is 0 Å². The van der Waals surface area contributed by atoms with E-state index in [1.165, 1.54) is 7.11 Å². The number of rotatable bonds is 4. The van der Waals surface area contributed by atoms with Crippen LogP contribution in [0.4, 0.5) is 0 Å². The average Bonchev–Trinajstić information content (AvgIpc) is 2.48.